The van der Waals surface area contributed by atoms with Gasteiger partial charge in [-0.1, -0.05) is 25.7 Å². The van der Waals surface area contributed by atoms with Gasteiger partial charge in [0.15, 0.2) is 0 Å². The van der Waals surface area contributed by atoms with Gasteiger partial charge in [0.1, 0.15) is 17.2 Å². The van der Waals surface area contributed by atoms with Gasteiger partial charge in [0.05, 0.1) is 0 Å². The Bertz CT molecular complexity index is 636. The van der Waals surface area contributed by atoms with Crippen LogP contribution in [0.1, 0.15) is 81.3 Å². The Kier molecular flexibility index (Phi) is 7.88. The number of hydrogen-bond acceptors (Lipinski definition) is 1. The molecule has 1 aromatic carbocycles. The zero-order valence-electron chi connectivity index (χ0n) is 17.0. The van der Waals surface area contributed by atoms with Crippen LogP contribution in [0.25, 0.3) is 0 Å². The number of methoxy groups -OCH3 is 1. The topological polar surface area (TPSA) is 9.23 Å². The molecule has 1 nitrogen and oxygen atoms in total. The Labute approximate surface area is 176 Å². The number of hydrogen-bond donors (Lipinski definition) is 0. The Hall–Kier alpha value is -0.810. The number of rotatable bonds is 7. The van der Waals surface area contributed by atoms with E-state index < -0.39 is 22.6 Å². The third-order valence-corrected chi connectivity index (χ3v) is 7.21. The Morgan fingerprint density at radius 2 is 1.31 bits per heavy atom. The predicted octanol–water partition coefficient (Wildman–Crippen LogP) is 7.76. The fraction of sp³-hybridized carbons (Fsp3) is 0.739. The molecule has 2 aliphatic rings. The van der Waals surface area contributed by atoms with Crippen molar-refractivity contribution >= 4 is 11.6 Å². The first-order valence-corrected chi connectivity index (χ1v) is 11.2. The van der Waals surface area contributed by atoms with Crippen LogP contribution in [-0.4, -0.2) is 13.7 Å². The normalized spacial score (nSPS) is 28.5. The lowest BCUT2D eigenvalue weighted by Crippen LogP contribution is -2.20. The van der Waals surface area contributed by atoms with Gasteiger partial charge in [-0.05, 0) is 91.5 Å². The lowest BCUT2D eigenvalue weighted by molar-refractivity contribution is 0.0857. The summed E-state index contributed by atoms with van der Waals surface area (Å²) in [5, 5.41) is -4.03. The zero-order chi connectivity index (χ0) is 21.0. The molecule has 2 fully saturated rings. The summed E-state index contributed by atoms with van der Waals surface area (Å²) >= 11 is 4.83. The molecule has 29 heavy (non-hydrogen) atoms. The summed E-state index contributed by atoms with van der Waals surface area (Å²) in [6, 6.07) is 2.08. The minimum atomic E-state index is -4.03. The number of alkyl halides is 3. The average Bonchev–Trinajstić information content (AvgIpc) is 2.66. The first-order valence-electron chi connectivity index (χ1n) is 10.8. The second-order valence-corrected chi connectivity index (χ2v) is 9.47. The van der Waals surface area contributed by atoms with Crippen molar-refractivity contribution in [1.82, 2.24) is 0 Å². The first-order chi connectivity index (χ1) is 13.8. The van der Waals surface area contributed by atoms with Crippen molar-refractivity contribution in [3.8, 4) is 0 Å². The predicted molar refractivity (Wildman–Crippen MR) is 107 cm³/mol. The summed E-state index contributed by atoms with van der Waals surface area (Å²) in [5.74, 6) is -0.300. The van der Waals surface area contributed by atoms with E-state index in [1.165, 1.54) is 38.5 Å². The molecule has 164 valence electrons. The van der Waals surface area contributed by atoms with Crippen LogP contribution in [0.4, 0.5) is 17.6 Å². The Balaban J connectivity index is 1.46. The van der Waals surface area contributed by atoms with Crippen LogP contribution < -0.4 is 0 Å². The largest absolute Gasteiger partial charge is 0.384 e. The molecule has 0 saturated heterocycles. The average molecular weight is 435 g/mol. The van der Waals surface area contributed by atoms with Gasteiger partial charge >= 0.3 is 5.38 Å². The van der Waals surface area contributed by atoms with Crippen LogP contribution in [0.3, 0.4) is 0 Å². The molecule has 0 heterocycles. The summed E-state index contributed by atoms with van der Waals surface area (Å²) in [6.07, 6.45) is 11.3. The van der Waals surface area contributed by atoms with E-state index >= 15 is 0 Å². The van der Waals surface area contributed by atoms with Crippen LogP contribution in [0.15, 0.2) is 12.1 Å². The number of halogens is 5. The van der Waals surface area contributed by atoms with Gasteiger partial charge in [-0.15, -0.1) is 0 Å². The van der Waals surface area contributed by atoms with Crippen LogP contribution in [0.5, 0.6) is 0 Å². The van der Waals surface area contributed by atoms with E-state index in [0.29, 0.717) is 11.5 Å². The first kappa shape index (κ1) is 22.9. The van der Waals surface area contributed by atoms with Gasteiger partial charge in [0, 0.05) is 13.7 Å². The molecule has 2 saturated carbocycles. The minimum Gasteiger partial charge on any atom is -0.384 e. The third kappa shape index (κ3) is 6.10. The van der Waals surface area contributed by atoms with E-state index in [0.717, 1.165) is 56.3 Å². The molecule has 0 aliphatic heterocycles. The maximum absolute atomic E-state index is 14.0. The summed E-state index contributed by atoms with van der Waals surface area (Å²) in [4.78, 5) is 0. The second-order valence-electron chi connectivity index (χ2n) is 8.99. The van der Waals surface area contributed by atoms with E-state index in [2.05, 4.69) is 0 Å². The van der Waals surface area contributed by atoms with Crippen molar-refractivity contribution in [1.29, 1.82) is 0 Å². The second kappa shape index (κ2) is 10.00. The summed E-state index contributed by atoms with van der Waals surface area (Å²) < 4.78 is 59.7. The van der Waals surface area contributed by atoms with Gasteiger partial charge in [-0.25, -0.2) is 8.78 Å². The molecule has 1 aromatic rings. The Morgan fingerprint density at radius 3 is 1.76 bits per heavy atom. The molecule has 0 aromatic heterocycles. The smallest absolute Gasteiger partial charge is 0.353 e. The molecular formula is C23H31ClF4O. The van der Waals surface area contributed by atoms with Crippen molar-refractivity contribution in [3.63, 3.8) is 0 Å². The molecule has 0 bridgehead atoms. The highest BCUT2D eigenvalue weighted by Crippen LogP contribution is 2.42. The number of benzene rings is 1. The quantitative estimate of drug-likeness (QED) is 0.314. The molecule has 0 amide bonds. The maximum Gasteiger partial charge on any atom is 0.353 e. The molecule has 0 unspecified atom stereocenters. The van der Waals surface area contributed by atoms with Gasteiger partial charge in [-0.2, -0.15) is 8.78 Å². The van der Waals surface area contributed by atoms with Crippen molar-refractivity contribution in [2.45, 2.75) is 75.5 Å². The Morgan fingerprint density at radius 1 is 0.862 bits per heavy atom. The van der Waals surface area contributed by atoms with Crippen LogP contribution in [0, 0.1) is 29.4 Å². The molecule has 0 atom stereocenters. The van der Waals surface area contributed by atoms with Crippen molar-refractivity contribution in [2.24, 2.45) is 17.8 Å². The van der Waals surface area contributed by atoms with E-state index in [-0.39, 0.29) is 5.92 Å². The summed E-state index contributed by atoms with van der Waals surface area (Å²) in [6.45, 7) is 0.876. The molecule has 3 rings (SSSR count). The van der Waals surface area contributed by atoms with Crippen molar-refractivity contribution in [2.75, 3.05) is 13.7 Å². The van der Waals surface area contributed by atoms with Crippen molar-refractivity contribution < 1.29 is 22.3 Å². The van der Waals surface area contributed by atoms with Crippen LogP contribution in [0.2, 0.25) is 0 Å². The standard InChI is InChI=1S/C23H31ClF4O/c1-29-14-17-6-4-15(5-7-17)2-3-16-8-10-18(11-9-16)19-12-20(25)22(21(26)13-19)23(24,27)28/h12-13,15-18H,2-11,14H2,1H3. The van der Waals surface area contributed by atoms with Gasteiger partial charge in [-0.3, -0.25) is 0 Å². The molecule has 0 spiro atoms. The van der Waals surface area contributed by atoms with Crippen molar-refractivity contribution in [3.05, 3.63) is 34.9 Å². The molecular weight excluding hydrogens is 404 g/mol. The minimum absolute atomic E-state index is 0.0257. The highest BCUT2D eigenvalue weighted by molar-refractivity contribution is 6.21. The SMILES string of the molecule is COCC1CCC(CCC2CCC(c3cc(F)c(C(F)(F)Cl)c(F)c3)CC2)CC1. The van der Waals surface area contributed by atoms with Crippen LogP contribution >= 0.6 is 11.6 Å². The van der Waals surface area contributed by atoms with E-state index in [9.17, 15) is 17.6 Å². The van der Waals surface area contributed by atoms with Crippen LogP contribution in [-0.2, 0) is 10.1 Å². The third-order valence-electron chi connectivity index (χ3n) is 7.02. The zero-order valence-corrected chi connectivity index (χ0v) is 17.8. The van der Waals surface area contributed by atoms with E-state index in [1.807, 2.05) is 0 Å². The monoisotopic (exact) mass is 434 g/mol. The van der Waals surface area contributed by atoms with E-state index in [4.69, 9.17) is 16.3 Å². The molecule has 2 aliphatic carbocycles. The summed E-state index contributed by atoms with van der Waals surface area (Å²) in [5.41, 5.74) is -0.878. The number of ether oxygens (including phenoxy) is 1. The molecule has 0 radical (unpaired) electrons. The van der Waals surface area contributed by atoms with Gasteiger partial charge < -0.3 is 4.74 Å². The molecule has 0 N–H and O–H groups in total. The van der Waals surface area contributed by atoms with Gasteiger partial charge in [0.25, 0.3) is 0 Å². The fourth-order valence-electron chi connectivity index (χ4n) is 5.28. The van der Waals surface area contributed by atoms with E-state index in [1.54, 1.807) is 7.11 Å². The fourth-order valence-corrected chi connectivity index (χ4v) is 5.46. The van der Waals surface area contributed by atoms with Gasteiger partial charge in [0.2, 0.25) is 0 Å². The maximum atomic E-state index is 14.0. The lowest BCUT2D eigenvalue weighted by atomic mass is 9.74. The highest BCUT2D eigenvalue weighted by atomic mass is 35.5. The summed E-state index contributed by atoms with van der Waals surface area (Å²) in [7, 11) is 1.77. The highest BCUT2D eigenvalue weighted by Gasteiger charge is 2.36. The molecule has 6 heteroatoms. The lowest BCUT2D eigenvalue weighted by Gasteiger charge is -2.32.